The van der Waals surface area contributed by atoms with E-state index in [1.165, 1.54) is 0 Å². The number of hydrogen-bond acceptors (Lipinski definition) is 3. The summed E-state index contributed by atoms with van der Waals surface area (Å²) in [6, 6.07) is 5.10. The Morgan fingerprint density at radius 1 is 1.56 bits per heavy atom. The number of piperazine rings is 1. The van der Waals surface area contributed by atoms with Crippen LogP contribution >= 0.6 is 11.6 Å². The van der Waals surface area contributed by atoms with E-state index in [4.69, 9.17) is 11.6 Å². The van der Waals surface area contributed by atoms with Crippen molar-refractivity contribution in [3.63, 3.8) is 0 Å². The number of carbonyl (C=O) groups is 1. The van der Waals surface area contributed by atoms with Crippen molar-refractivity contribution in [3.05, 3.63) is 28.8 Å². The maximum Gasteiger partial charge on any atom is 0.245 e. The van der Waals surface area contributed by atoms with Gasteiger partial charge >= 0.3 is 0 Å². The van der Waals surface area contributed by atoms with Crippen molar-refractivity contribution in [2.24, 2.45) is 0 Å². The maximum absolute atomic E-state index is 11.9. The average molecular weight is 269 g/mol. The van der Waals surface area contributed by atoms with Gasteiger partial charge in [0, 0.05) is 23.3 Å². The SMILES string of the molecule is Cc1cc(Cl)ccc1N1CC(C)NC(=O)C1CO. The molecule has 5 heteroatoms. The van der Waals surface area contributed by atoms with E-state index < -0.39 is 6.04 Å². The fraction of sp³-hybridized carbons (Fsp3) is 0.462. The predicted octanol–water partition coefficient (Wildman–Crippen LogP) is 1.33. The summed E-state index contributed by atoms with van der Waals surface area (Å²) in [5.41, 5.74) is 1.95. The molecule has 1 aliphatic rings. The van der Waals surface area contributed by atoms with Crippen molar-refractivity contribution in [2.45, 2.75) is 25.9 Å². The molecule has 2 N–H and O–H groups in total. The van der Waals surface area contributed by atoms with E-state index in [1.807, 2.05) is 30.9 Å². The van der Waals surface area contributed by atoms with Gasteiger partial charge in [0.25, 0.3) is 0 Å². The first kappa shape index (κ1) is 13.2. The second kappa shape index (κ2) is 5.16. The lowest BCUT2D eigenvalue weighted by atomic mass is 10.1. The van der Waals surface area contributed by atoms with Crippen LogP contribution in [0.4, 0.5) is 5.69 Å². The van der Waals surface area contributed by atoms with Crippen molar-refractivity contribution >= 4 is 23.2 Å². The minimum Gasteiger partial charge on any atom is -0.394 e. The Labute approximate surface area is 112 Å². The van der Waals surface area contributed by atoms with Crippen LogP contribution in [0.5, 0.6) is 0 Å². The van der Waals surface area contributed by atoms with Crippen molar-refractivity contribution in [3.8, 4) is 0 Å². The predicted molar refractivity (Wildman–Crippen MR) is 72.0 cm³/mol. The summed E-state index contributed by atoms with van der Waals surface area (Å²) in [6.07, 6.45) is 0. The third kappa shape index (κ3) is 2.44. The second-order valence-corrected chi connectivity index (χ2v) is 5.13. The van der Waals surface area contributed by atoms with Crippen LogP contribution in [0.3, 0.4) is 0 Å². The molecule has 1 fully saturated rings. The fourth-order valence-corrected chi connectivity index (χ4v) is 2.56. The van der Waals surface area contributed by atoms with Crippen molar-refractivity contribution < 1.29 is 9.90 Å². The summed E-state index contributed by atoms with van der Waals surface area (Å²) in [7, 11) is 0. The third-order valence-corrected chi connectivity index (χ3v) is 3.41. The Kier molecular flexibility index (Phi) is 3.78. The van der Waals surface area contributed by atoms with Gasteiger partial charge < -0.3 is 15.3 Å². The number of aliphatic hydroxyl groups excluding tert-OH is 1. The Morgan fingerprint density at radius 3 is 2.89 bits per heavy atom. The molecule has 0 saturated carbocycles. The van der Waals surface area contributed by atoms with Crippen LogP contribution in [0.25, 0.3) is 0 Å². The quantitative estimate of drug-likeness (QED) is 0.851. The number of halogens is 1. The summed E-state index contributed by atoms with van der Waals surface area (Å²) < 4.78 is 0. The normalized spacial score (nSPS) is 24.0. The molecule has 1 aliphatic heterocycles. The van der Waals surface area contributed by atoms with E-state index in [2.05, 4.69) is 5.32 Å². The number of nitrogens with one attached hydrogen (secondary N) is 1. The molecule has 98 valence electrons. The zero-order valence-electron chi connectivity index (χ0n) is 10.5. The summed E-state index contributed by atoms with van der Waals surface area (Å²) in [6.45, 7) is 4.39. The number of carbonyl (C=O) groups excluding carboxylic acids is 1. The van der Waals surface area contributed by atoms with Crippen LogP contribution in [0, 0.1) is 6.92 Å². The number of aryl methyl sites for hydroxylation is 1. The molecule has 0 aliphatic carbocycles. The Balaban J connectivity index is 2.36. The summed E-state index contributed by atoms with van der Waals surface area (Å²) in [5, 5.41) is 12.9. The van der Waals surface area contributed by atoms with Gasteiger partial charge in [0.1, 0.15) is 6.04 Å². The summed E-state index contributed by atoms with van der Waals surface area (Å²) in [4.78, 5) is 13.8. The second-order valence-electron chi connectivity index (χ2n) is 4.69. The third-order valence-electron chi connectivity index (χ3n) is 3.18. The molecule has 1 saturated heterocycles. The number of benzene rings is 1. The average Bonchev–Trinajstić information content (AvgIpc) is 2.28. The highest BCUT2D eigenvalue weighted by atomic mass is 35.5. The van der Waals surface area contributed by atoms with Crippen LogP contribution < -0.4 is 10.2 Å². The Bertz CT molecular complexity index is 464. The van der Waals surface area contributed by atoms with Crippen molar-refractivity contribution in [2.75, 3.05) is 18.1 Å². The summed E-state index contributed by atoms with van der Waals surface area (Å²) in [5.74, 6) is -0.134. The van der Waals surface area contributed by atoms with E-state index in [1.54, 1.807) is 6.07 Å². The lowest BCUT2D eigenvalue weighted by molar-refractivity contribution is -0.125. The van der Waals surface area contributed by atoms with E-state index in [0.29, 0.717) is 11.6 Å². The lowest BCUT2D eigenvalue weighted by Gasteiger charge is -2.39. The Hall–Kier alpha value is -1.26. The molecule has 4 nitrogen and oxygen atoms in total. The molecule has 0 spiro atoms. The van der Waals surface area contributed by atoms with Crippen LogP contribution in [-0.4, -0.2) is 36.2 Å². The largest absolute Gasteiger partial charge is 0.394 e. The van der Waals surface area contributed by atoms with Gasteiger partial charge in [-0.15, -0.1) is 0 Å². The molecule has 1 heterocycles. The number of hydrogen-bond donors (Lipinski definition) is 2. The lowest BCUT2D eigenvalue weighted by Crippen LogP contribution is -2.60. The van der Waals surface area contributed by atoms with E-state index >= 15 is 0 Å². The fourth-order valence-electron chi connectivity index (χ4n) is 2.34. The smallest absolute Gasteiger partial charge is 0.245 e. The number of amides is 1. The first-order valence-corrected chi connectivity index (χ1v) is 6.34. The van der Waals surface area contributed by atoms with Gasteiger partial charge in [-0.1, -0.05) is 11.6 Å². The van der Waals surface area contributed by atoms with Gasteiger partial charge in [-0.05, 0) is 37.6 Å². The van der Waals surface area contributed by atoms with Gasteiger partial charge in [-0.3, -0.25) is 4.79 Å². The number of nitrogens with zero attached hydrogens (tertiary/aromatic N) is 1. The molecular formula is C13H17ClN2O2. The molecule has 2 unspecified atom stereocenters. The molecule has 0 aromatic heterocycles. The summed E-state index contributed by atoms with van der Waals surface area (Å²) >= 11 is 5.94. The van der Waals surface area contributed by atoms with Crippen molar-refractivity contribution in [1.29, 1.82) is 0 Å². The molecule has 0 bridgehead atoms. The highest BCUT2D eigenvalue weighted by molar-refractivity contribution is 6.30. The zero-order valence-corrected chi connectivity index (χ0v) is 11.2. The van der Waals surface area contributed by atoms with Gasteiger partial charge in [-0.25, -0.2) is 0 Å². The minimum absolute atomic E-state index is 0.0652. The monoisotopic (exact) mass is 268 g/mol. The van der Waals surface area contributed by atoms with Gasteiger partial charge in [0.15, 0.2) is 0 Å². The van der Waals surface area contributed by atoms with E-state index in [0.717, 1.165) is 11.3 Å². The molecular weight excluding hydrogens is 252 g/mol. The Morgan fingerprint density at radius 2 is 2.28 bits per heavy atom. The minimum atomic E-state index is -0.527. The molecule has 1 aromatic carbocycles. The van der Waals surface area contributed by atoms with E-state index in [9.17, 15) is 9.90 Å². The molecule has 18 heavy (non-hydrogen) atoms. The molecule has 2 atom stereocenters. The van der Waals surface area contributed by atoms with Crippen LogP contribution in [0.1, 0.15) is 12.5 Å². The first-order chi connectivity index (χ1) is 8.52. The van der Waals surface area contributed by atoms with E-state index in [-0.39, 0.29) is 18.6 Å². The molecule has 1 aromatic rings. The number of aliphatic hydroxyl groups is 1. The standard InChI is InChI=1S/C13H17ClN2O2/c1-8-5-10(14)3-4-11(8)16-6-9(2)15-13(18)12(16)7-17/h3-5,9,12,17H,6-7H2,1-2H3,(H,15,18). The van der Waals surface area contributed by atoms with Gasteiger partial charge in [0.2, 0.25) is 5.91 Å². The topological polar surface area (TPSA) is 52.6 Å². The highest BCUT2D eigenvalue weighted by Crippen LogP contribution is 2.26. The maximum atomic E-state index is 11.9. The zero-order chi connectivity index (χ0) is 13.3. The molecule has 1 amide bonds. The van der Waals surface area contributed by atoms with Crippen LogP contribution in [-0.2, 0) is 4.79 Å². The number of anilines is 1. The van der Waals surface area contributed by atoms with Gasteiger partial charge in [-0.2, -0.15) is 0 Å². The molecule has 2 rings (SSSR count). The van der Waals surface area contributed by atoms with Crippen LogP contribution in [0.2, 0.25) is 5.02 Å². The van der Waals surface area contributed by atoms with Gasteiger partial charge in [0.05, 0.1) is 6.61 Å². The molecule has 0 radical (unpaired) electrons. The first-order valence-electron chi connectivity index (χ1n) is 5.97. The highest BCUT2D eigenvalue weighted by Gasteiger charge is 2.32. The number of rotatable bonds is 2. The van der Waals surface area contributed by atoms with Crippen molar-refractivity contribution in [1.82, 2.24) is 5.32 Å². The van der Waals surface area contributed by atoms with Crippen LogP contribution in [0.15, 0.2) is 18.2 Å².